The molecule has 0 saturated carbocycles. The van der Waals surface area contributed by atoms with E-state index in [0.717, 1.165) is 16.8 Å². The first-order valence-electron chi connectivity index (χ1n) is 10.5. The molecule has 1 aliphatic rings. The summed E-state index contributed by atoms with van der Waals surface area (Å²) in [5.74, 6) is 0.592. The Hall–Kier alpha value is -2.57. The summed E-state index contributed by atoms with van der Waals surface area (Å²) in [6.45, 7) is 12.8. The second-order valence-electron chi connectivity index (χ2n) is 8.66. The Bertz CT molecular complexity index is 872. The molecule has 1 aromatic heterocycles. The number of anilines is 1. The van der Waals surface area contributed by atoms with Crippen LogP contribution in [0.5, 0.6) is 0 Å². The van der Waals surface area contributed by atoms with E-state index in [1.54, 1.807) is 0 Å². The quantitative estimate of drug-likeness (QED) is 0.833. The molecule has 29 heavy (non-hydrogen) atoms. The van der Waals surface area contributed by atoms with Gasteiger partial charge in [-0.15, -0.1) is 0 Å². The first kappa shape index (κ1) is 21.1. The van der Waals surface area contributed by atoms with Crippen molar-refractivity contribution in [1.82, 2.24) is 14.8 Å². The summed E-state index contributed by atoms with van der Waals surface area (Å²) in [7, 11) is 0. The summed E-state index contributed by atoms with van der Waals surface area (Å²) in [6.07, 6.45) is 1.36. The van der Waals surface area contributed by atoms with Crippen LogP contribution < -0.4 is 5.32 Å². The predicted molar refractivity (Wildman–Crippen MR) is 114 cm³/mol. The lowest BCUT2D eigenvalue weighted by atomic mass is 9.96. The molecule has 0 radical (unpaired) electrons. The third-order valence-electron chi connectivity index (χ3n) is 5.47. The Morgan fingerprint density at radius 2 is 1.86 bits per heavy atom. The van der Waals surface area contributed by atoms with E-state index in [-0.39, 0.29) is 23.3 Å². The van der Waals surface area contributed by atoms with Gasteiger partial charge >= 0.3 is 6.03 Å². The molecule has 1 aromatic carbocycles. The van der Waals surface area contributed by atoms with E-state index in [9.17, 15) is 9.59 Å². The third kappa shape index (κ3) is 4.71. The van der Waals surface area contributed by atoms with E-state index in [2.05, 4.69) is 31.1 Å². The fourth-order valence-corrected chi connectivity index (χ4v) is 3.60. The van der Waals surface area contributed by atoms with Crippen LogP contribution in [-0.2, 0) is 10.2 Å². The molecular weight excluding hydrogens is 368 g/mol. The minimum Gasteiger partial charge on any atom is -0.440 e. The molecule has 2 heterocycles. The number of urea groups is 1. The first-order chi connectivity index (χ1) is 13.7. The molecule has 0 aliphatic carbocycles. The number of benzene rings is 1. The molecule has 158 valence electrons. The van der Waals surface area contributed by atoms with Crippen molar-refractivity contribution in [1.29, 1.82) is 0 Å². The molecule has 0 unspecified atom stereocenters. The number of fused-ring (bicyclic) bond motifs is 1. The van der Waals surface area contributed by atoms with Crippen molar-refractivity contribution in [2.24, 2.45) is 5.92 Å². The number of nitrogens with one attached hydrogen (secondary N) is 1. The summed E-state index contributed by atoms with van der Waals surface area (Å²) in [5.41, 5.74) is 2.01. The van der Waals surface area contributed by atoms with Gasteiger partial charge < -0.3 is 19.5 Å². The number of hydrogen-bond acceptors (Lipinski definition) is 4. The van der Waals surface area contributed by atoms with Gasteiger partial charge in [0.25, 0.3) is 0 Å². The summed E-state index contributed by atoms with van der Waals surface area (Å²) in [5, 5.41) is 3.01. The van der Waals surface area contributed by atoms with Crippen molar-refractivity contribution in [3.8, 4) is 0 Å². The lowest BCUT2D eigenvalue weighted by Crippen LogP contribution is -2.47. The van der Waals surface area contributed by atoms with Gasteiger partial charge in [0.05, 0.1) is 0 Å². The van der Waals surface area contributed by atoms with Crippen LogP contribution in [0.15, 0.2) is 22.6 Å². The van der Waals surface area contributed by atoms with Crippen LogP contribution in [0.1, 0.15) is 53.4 Å². The zero-order valence-corrected chi connectivity index (χ0v) is 18.1. The maximum atomic E-state index is 12.7. The summed E-state index contributed by atoms with van der Waals surface area (Å²) in [4.78, 5) is 33.4. The average molecular weight is 401 g/mol. The Balaban J connectivity index is 1.60. The van der Waals surface area contributed by atoms with Gasteiger partial charge in [0.15, 0.2) is 5.58 Å². The van der Waals surface area contributed by atoms with Gasteiger partial charge in [-0.05, 0) is 44.9 Å². The van der Waals surface area contributed by atoms with Gasteiger partial charge in [-0.3, -0.25) is 4.79 Å². The highest BCUT2D eigenvalue weighted by Crippen LogP contribution is 2.28. The van der Waals surface area contributed by atoms with Crippen LogP contribution in [0.2, 0.25) is 0 Å². The van der Waals surface area contributed by atoms with Crippen LogP contribution in [0.4, 0.5) is 10.5 Å². The lowest BCUT2D eigenvalue weighted by Gasteiger charge is -2.34. The molecule has 7 heteroatoms. The Kier molecular flexibility index (Phi) is 6.15. The normalized spacial score (nSPS) is 15.6. The molecule has 0 bridgehead atoms. The average Bonchev–Trinajstić information content (AvgIpc) is 3.13. The highest BCUT2D eigenvalue weighted by molar-refractivity contribution is 5.94. The van der Waals surface area contributed by atoms with Crippen molar-refractivity contribution in [3.05, 3.63) is 24.1 Å². The Labute approximate surface area is 172 Å². The molecule has 3 rings (SSSR count). The summed E-state index contributed by atoms with van der Waals surface area (Å²) in [6, 6.07) is 5.61. The van der Waals surface area contributed by atoms with E-state index >= 15 is 0 Å². The van der Waals surface area contributed by atoms with E-state index in [4.69, 9.17) is 4.42 Å². The zero-order chi connectivity index (χ0) is 21.2. The number of piperidine rings is 1. The van der Waals surface area contributed by atoms with Gasteiger partial charge in [0, 0.05) is 43.2 Å². The molecule has 0 spiro atoms. The third-order valence-corrected chi connectivity index (χ3v) is 5.47. The van der Waals surface area contributed by atoms with Gasteiger partial charge in [-0.1, -0.05) is 20.8 Å². The zero-order valence-electron chi connectivity index (χ0n) is 18.1. The van der Waals surface area contributed by atoms with Crippen LogP contribution in [0.25, 0.3) is 11.1 Å². The molecule has 0 atom stereocenters. The molecule has 1 saturated heterocycles. The van der Waals surface area contributed by atoms with E-state index < -0.39 is 0 Å². The van der Waals surface area contributed by atoms with Gasteiger partial charge in [0.1, 0.15) is 5.52 Å². The molecule has 1 aliphatic heterocycles. The fourth-order valence-electron chi connectivity index (χ4n) is 3.60. The Morgan fingerprint density at radius 3 is 2.45 bits per heavy atom. The lowest BCUT2D eigenvalue weighted by molar-refractivity contribution is -0.121. The number of nitrogens with zero attached hydrogens (tertiary/aromatic N) is 3. The molecule has 1 fully saturated rings. The first-order valence-corrected chi connectivity index (χ1v) is 10.5. The van der Waals surface area contributed by atoms with Gasteiger partial charge in [0.2, 0.25) is 11.8 Å². The maximum Gasteiger partial charge on any atom is 0.319 e. The smallest absolute Gasteiger partial charge is 0.319 e. The molecule has 1 N–H and O–H groups in total. The molecule has 2 aromatic rings. The van der Waals surface area contributed by atoms with Gasteiger partial charge in [-0.25, -0.2) is 9.78 Å². The maximum absolute atomic E-state index is 12.7. The second-order valence-corrected chi connectivity index (χ2v) is 8.66. The van der Waals surface area contributed by atoms with Crippen molar-refractivity contribution in [2.45, 2.75) is 52.9 Å². The summed E-state index contributed by atoms with van der Waals surface area (Å²) < 4.78 is 5.82. The molecule has 7 nitrogen and oxygen atoms in total. The number of oxazole rings is 1. The second kappa shape index (κ2) is 8.43. The SMILES string of the molecule is CCN(CC)C(=O)N1CCC(C(=O)Nc2ccc3oc(C(C)(C)C)nc3c2)CC1. The summed E-state index contributed by atoms with van der Waals surface area (Å²) >= 11 is 0. The number of rotatable bonds is 4. The molecular formula is C22H32N4O3. The van der Waals surface area contributed by atoms with Crippen LogP contribution in [0.3, 0.4) is 0 Å². The number of aromatic nitrogens is 1. The van der Waals surface area contributed by atoms with Crippen LogP contribution in [0, 0.1) is 5.92 Å². The number of carbonyl (C=O) groups excluding carboxylic acids is 2. The van der Waals surface area contributed by atoms with Crippen molar-refractivity contribution >= 4 is 28.7 Å². The monoisotopic (exact) mass is 400 g/mol. The van der Waals surface area contributed by atoms with Gasteiger partial charge in [-0.2, -0.15) is 0 Å². The van der Waals surface area contributed by atoms with Crippen molar-refractivity contribution in [2.75, 3.05) is 31.5 Å². The highest BCUT2D eigenvalue weighted by Gasteiger charge is 2.29. The minimum atomic E-state index is -0.168. The number of amides is 3. The number of hydrogen-bond donors (Lipinski definition) is 1. The van der Waals surface area contributed by atoms with Crippen LogP contribution in [-0.4, -0.2) is 52.9 Å². The highest BCUT2D eigenvalue weighted by atomic mass is 16.3. The topological polar surface area (TPSA) is 78.7 Å². The van der Waals surface area contributed by atoms with Crippen molar-refractivity contribution in [3.63, 3.8) is 0 Å². The Morgan fingerprint density at radius 1 is 1.21 bits per heavy atom. The van der Waals surface area contributed by atoms with E-state index in [1.807, 2.05) is 41.8 Å². The number of carbonyl (C=O) groups is 2. The number of likely N-dealkylation sites (tertiary alicyclic amines) is 1. The van der Waals surface area contributed by atoms with Crippen molar-refractivity contribution < 1.29 is 14.0 Å². The van der Waals surface area contributed by atoms with Crippen LogP contribution >= 0.6 is 0 Å². The minimum absolute atomic E-state index is 0.00109. The van der Waals surface area contributed by atoms with E-state index in [1.165, 1.54) is 0 Å². The van der Waals surface area contributed by atoms with E-state index in [0.29, 0.717) is 44.9 Å². The fraction of sp³-hybridized carbons (Fsp3) is 0.591. The standard InChI is InChI=1S/C22H32N4O3/c1-6-25(7-2)21(28)26-12-10-15(11-13-26)19(27)23-16-8-9-18-17(14-16)24-20(29-18)22(3,4)5/h8-9,14-15H,6-7,10-13H2,1-5H3,(H,23,27). The molecule has 3 amide bonds. The predicted octanol–water partition coefficient (Wildman–Crippen LogP) is 4.24. The largest absolute Gasteiger partial charge is 0.440 e.